The lowest BCUT2D eigenvalue weighted by Crippen LogP contribution is -2.36. The van der Waals surface area contributed by atoms with E-state index in [1.807, 2.05) is 0 Å². The summed E-state index contributed by atoms with van der Waals surface area (Å²) < 4.78 is 0. The van der Waals surface area contributed by atoms with Crippen LogP contribution in [0.3, 0.4) is 0 Å². The highest BCUT2D eigenvalue weighted by molar-refractivity contribution is 5.85. The van der Waals surface area contributed by atoms with Gasteiger partial charge in [0.1, 0.15) is 5.78 Å². The summed E-state index contributed by atoms with van der Waals surface area (Å²) in [6, 6.07) is 11.0. The summed E-state index contributed by atoms with van der Waals surface area (Å²) in [6.07, 6.45) is 4.18. The third-order valence-electron chi connectivity index (χ3n) is 4.20. The van der Waals surface area contributed by atoms with Crippen LogP contribution in [-0.4, -0.2) is 29.8 Å². The Kier molecular flexibility index (Phi) is 2.98. The van der Waals surface area contributed by atoms with Gasteiger partial charge < -0.3 is 0 Å². The lowest BCUT2D eigenvalue weighted by atomic mass is 9.99. The van der Waals surface area contributed by atoms with Gasteiger partial charge in [-0.15, -0.1) is 0 Å². The van der Waals surface area contributed by atoms with E-state index in [2.05, 4.69) is 35.2 Å². The van der Waals surface area contributed by atoms with Gasteiger partial charge in [0.25, 0.3) is 0 Å². The normalized spacial score (nSPS) is 30.0. The molecule has 0 amide bonds. The molecule has 1 aromatic carbocycles. The number of ketones is 1. The maximum absolute atomic E-state index is 11.8. The second kappa shape index (κ2) is 4.61. The summed E-state index contributed by atoms with van der Waals surface area (Å²) in [5, 5.41) is 0. The van der Waals surface area contributed by atoms with Crippen molar-refractivity contribution in [2.45, 2.75) is 37.6 Å². The summed E-state index contributed by atoms with van der Waals surface area (Å²) in [4.78, 5) is 14.2. The topological polar surface area (TPSA) is 20.3 Å². The summed E-state index contributed by atoms with van der Waals surface area (Å²) in [6.45, 7) is 2.16. The average molecular weight is 229 g/mol. The first-order valence-electron chi connectivity index (χ1n) is 6.66. The van der Waals surface area contributed by atoms with Crippen molar-refractivity contribution in [1.82, 2.24) is 4.90 Å². The monoisotopic (exact) mass is 229 g/mol. The van der Waals surface area contributed by atoms with Crippen LogP contribution in [0.1, 0.15) is 37.2 Å². The lowest BCUT2D eigenvalue weighted by molar-refractivity contribution is -0.121. The highest BCUT2D eigenvalue weighted by Gasteiger charge is 2.35. The van der Waals surface area contributed by atoms with Crippen LogP contribution in [0.5, 0.6) is 0 Å². The number of carbonyl (C=O) groups is 1. The van der Waals surface area contributed by atoms with Crippen LogP contribution in [0.15, 0.2) is 30.3 Å². The van der Waals surface area contributed by atoms with Gasteiger partial charge in [0.05, 0.1) is 6.04 Å². The number of nitrogens with zero attached hydrogens (tertiary/aromatic N) is 1. The Labute approximate surface area is 103 Å². The molecule has 1 aliphatic heterocycles. The molecular formula is C15H19NO. The molecule has 0 aromatic heterocycles. The van der Waals surface area contributed by atoms with Gasteiger partial charge in [0, 0.05) is 13.0 Å². The number of rotatable bonds is 2. The van der Waals surface area contributed by atoms with Gasteiger partial charge in [-0.1, -0.05) is 30.3 Å². The molecule has 17 heavy (non-hydrogen) atoms. The third-order valence-corrected chi connectivity index (χ3v) is 4.20. The average Bonchev–Trinajstić information content (AvgIpc) is 2.98. The fourth-order valence-electron chi connectivity index (χ4n) is 3.25. The zero-order chi connectivity index (χ0) is 11.7. The Balaban J connectivity index is 1.68. The van der Waals surface area contributed by atoms with E-state index in [1.165, 1.54) is 12.0 Å². The number of Topliss-reactive ketones (excluding diaryl/α,β-unsaturated/α-hetero) is 1. The first kappa shape index (κ1) is 11.0. The van der Waals surface area contributed by atoms with E-state index in [4.69, 9.17) is 0 Å². The quantitative estimate of drug-likeness (QED) is 0.777. The molecule has 2 heteroatoms. The maximum atomic E-state index is 11.8. The Morgan fingerprint density at radius 2 is 1.94 bits per heavy atom. The molecule has 0 spiro atoms. The van der Waals surface area contributed by atoms with E-state index < -0.39 is 0 Å². The zero-order valence-corrected chi connectivity index (χ0v) is 10.1. The van der Waals surface area contributed by atoms with Crippen molar-refractivity contribution < 1.29 is 4.79 Å². The molecular weight excluding hydrogens is 210 g/mol. The molecule has 1 aromatic rings. The smallest absolute Gasteiger partial charge is 0.149 e. The minimum absolute atomic E-state index is 0.240. The number of benzene rings is 1. The van der Waals surface area contributed by atoms with Crippen LogP contribution in [0, 0.1) is 0 Å². The van der Waals surface area contributed by atoms with Crippen molar-refractivity contribution in [2.75, 3.05) is 13.1 Å². The molecule has 1 heterocycles. The largest absolute Gasteiger partial charge is 0.298 e. The summed E-state index contributed by atoms with van der Waals surface area (Å²) in [7, 11) is 0. The summed E-state index contributed by atoms with van der Waals surface area (Å²) >= 11 is 0. The van der Waals surface area contributed by atoms with Crippen LogP contribution in [0.2, 0.25) is 0 Å². The van der Waals surface area contributed by atoms with Crippen molar-refractivity contribution in [3.05, 3.63) is 35.9 Å². The van der Waals surface area contributed by atoms with E-state index in [-0.39, 0.29) is 6.04 Å². The number of hydrogen-bond donors (Lipinski definition) is 0. The van der Waals surface area contributed by atoms with Crippen LogP contribution < -0.4 is 0 Å². The highest BCUT2D eigenvalue weighted by Crippen LogP contribution is 2.31. The van der Waals surface area contributed by atoms with Crippen molar-refractivity contribution in [3.63, 3.8) is 0 Å². The Bertz CT molecular complexity index is 401. The van der Waals surface area contributed by atoms with Gasteiger partial charge in [-0.2, -0.15) is 0 Å². The molecule has 2 fully saturated rings. The number of carbonyl (C=O) groups excluding carboxylic acids is 1. The fraction of sp³-hybridized carbons (Fsp3) is 0.533. The third kappa shape index (κ3) is 2.14. The van der Waals surface area contributed by atoms with E-state index in [0.29, 0.717) is 11.7 Å². The molecule has 1 aliphatic carbocycles. The Morgan fingerprint density at radius 3 is 2.65 bits per heavy atom. The molecule has 0 radical (unpaired) electrons. The van der Waals surface area contributed by atoms with Crippen molar-refractivity contribution in [1.29, 1.82) is 0 Å². The molecule has 90 valence electrons. The number of likely N-dealkylation sites (tertiary alicyclic amines) is 1. The first-order chi connectivity index (χ1) is 8.34. The van der Waals surface area contributed by atoms with Gasteiger partial charge in [0.15, 0.2) is 0 Å². The Hall–Kier alpha value is -1.15. The van der Waals surface area contributed by atoms with E-state index in [0.717, 1.165) is 32.4 Å². The van der Waals surface area contributed by atoms with Crippen molar-refractivity contribution in [3.8, 4) is 0 Å². The molecule has 2 unspecified atom stereocenters. The molecule has 0 N–H and O–H groups in total. The van der Waals surface area contributed by atoms with Crippen molar-refractivity contribution >= 4 is 5.78 Å². The van der Waals surface area contributed by atoms with Crippen LogP contribution >= 0.6 is 0 Å². The predicted molar refractivity (Wildman–Crippen MR) is 68.0 cm³/mol. The van der Waals surface area contributed by atoms with E-state index >= 15 is 0 Å². The van der Waals surface area contributed by atoms with Gasteiger partial charge in [-0.05, 0) is 37.3 Å². The molecule has 0 bridgehead atoms. The molecule has 2 atom stereocenters. The van der Waals surface area contributed by atoms with E-state index in [1.54, 1.807) is 0 Å². The van der Waals surface area contributed by atoms with Gasteiger partial charge in [0.2, 0.25) is 0 Å². The minimum atomic E-state index is 0.240. The van der Waals surface area contributed by atoms with Gasteiger partial charge in [-0.25, -0.2) is 0 Å². The molecule has 1 saturated carbocycles. The van der Waals surface area contributed by atoms with Crippen LogP contribution in [0.25, 0.3) is 0 Å². The maximum Gasteiger partial charge on any atom is 0.149 e. The lowest BCUT2D eigenvalue weighted by Gasteiger charge is -2.22. The standard InChI is InChI=1S/C15H19NO/c17-15-8-4-7-14(15)16-10-9-13(11-16)12-5-2-1-3-6-12/h1-3,5-6,13-14H,4,7-11H2. The zero-order valence-electron chi connectivity index (χ0n) is 10.1. The van der Waals surface area contributed by atoms with Crippen LogP contribution in [0.4, 0.5) is 0 Å². The molecule has 2 aliphatic rings. The van der Waals surface area contributed by atoms with Gasteiger partial charge >= 0.3 is 0 Å². The van der Waals surface area contributed by atoms with Crippen molar-refractivity contribution in [2.24, 2.45) is 0 Å². The second-order valence-corrected chi connectivity index (χ2v) is 5.27. The Morgan fingerprint density at radius 1 is 1.12 bits per heavy atom. The summed E-state index contributed by atoms with van der Waals surface area (Å²) in [5.41, 5.74) is 1.43. The minimum Gasteiger partial charge on any atom is -0.298 e. The first-order valence-corrected chi connectivity index (χ1v) is 6.66. The van der Waals surface area contributed by atoms with E-state index in [9.17, 15) is 4.79 Å². The number of hydrogen-bond acceptors (Lipinski definition) is 2. The van der Waals surface area contributed by atoms with Gasteiger partial charge in [-0.3, -0.25) is 9.69 Å². The summed E-state index contributed by atoms with van der Waals surface area (Å²) in [5.74, 6) is 1.10. The highest BCUT2D eigenvalue weighted by atomic mass is 16.1. The molecule has 3 rings (SSSR count). The SMILES string of the molecule is O=C1CCCC1N1CCC(c2ccccc2)C1. The molecule has 1 saturated heterocycles. The fourth-order valence-corrected chi connectivity index (χ4v) is 3.25. The predicted octanol–water partition coefficient (Wildman–Crippen LogP) is 2.60. The molecule has 2 nitrogen and oxygen atoms in total. The second-order valence-electron chi connectivity index (χ2n) is 5.27. The van der Waals surface area contributed by atoms with Crippen LogP contribution in [-0.2, 0) is 4.79 Å².